The van der Waals surface area contributed by atoms with E-state index in [2.05, 4.69) is 15.9 Å². The van der Waals surface area contributed by atoms with Crippen LogP contribution in [0.15, 0.2) is 30.3 Å². The summed E-state index contributed by atoms with van der Waals surface area (Å²) in [6.45, 7) is 0. The molecule has 0 radical (unpaired) electrons. The van der Waals surface area contributed by atoms with Gasteiger partial charge in [-0.25, -0.2) is 0 Å². The lowest BCUT2D eigenvalue weighted by Gasteiger charge is -2.07. The van der Waals surface area contributed by atoms with E-state index in [1.54, 1.807) is 0 Å². The first kappa shape index (κ1) is 9.77. The van der Waals surface area contributed by atoms with Gasteiger partial charge < -0.3 is 10.0 Å². The van der Waals surface area contributed by atoms with Gasteiger partial charge in [0, 0.05) is 0 Å². The zero-order valence-corrected chi connectivity index (χ0v) is 8.11. The van der Waals surface area contributed by atoms with Gasteiger partial charge in [-0.15, -0.1) is 0 Å². The molecule has 0 amide bonds. The first-order chi connectivity index (χ1) is 5.70. The quantitative estimate of drug-likeness (QED) is 0.599. The standard InChI is InChI=1S/C8H10BBrO2/c10-8(9(11)12)6-7-4-2-1-3-5-7/h1-5,8,11-12H,6H2. The highest BCUT2D eigenvalue weighted by molar-refractivity contribution is 9.10. The van der Waals surface area contributed by atoms with Gasteiger partial charge in [0.2, 0.25) is 0 Å². The highest BCUT2D eigenvalue weighted by Crippen LogP contribution is 2.10. The fourth-order valence-electron chi connectivity index (χ4n) is 0.945. The third-order valence-corrected chi connectivity index (χ3v) is 2.39. The minimum absolute atomic E-state index is 0.292. The first-order valence-corrected chi connectivity index (χ1v) is 4.66. The second-order valence-corrected chi connectivity index (χ2v) is 3.80. The minimum atomic E-state index is -1.30. The molecule has 12 heavy (non-hydrogen) atoms. The zero-order chi connectivity index (χ0) is 8.97. The Morgan fingerprint density at radius 2 is 1.83 bits per heavy atom. The van der Waals surface area contributed by atoms with Gasteiger partial charge in [-0.1, -0.05) is 46.3 Å². The topological polar surface area (TPSA) is 40.5 Å². The summed E-state index contributed by atoms with van der Waals surface area (Å²) < 4.78 is -0.292. The molecule has 2 nitrogen and oxygen atoms in total. The van der Waals surface area contributed by atoms with E-state index in [1.165, 1.54) is 0 Å². The van der Waals surface area contributed by atoms with E-state index in [0.29, 0.717) is 6.42 Å². The minimum Gasteiger partial charge on any atom is -0.426 e. The van der Waals surface area contributed by atoms with Crippen molar-refractivity contribution < 1.29 is 10.0 Å². The summed E-state index contributed by atoms with van der Waals surface area (Å²) in [6.07, 6.45) is 0.624. The van der Waals surface area contributed by atoms with Gasteiger partial charge in [0.05, 0.1) is 4.73 Å². The number of alkyl halides is 1. The average Bonchev–Trinajstić information content (AvgIpc) is 2.06. The Balaban J connectivity index is 2.53. The Morgan fingerprint density at radius 3 is 2.33 bits per heavy atom. The first-order valence-electron chi connectivity index (χ1n) is 3.74. The van der Waals surface area contributed by atoms with E-state index in [4.69, 9.17) is 10.0 Å². The Hall–Kier alpha value is -0.315. The van der Waals surface area contributed by atoms with Gasteiger partial charge in [0.15, 0.2) is 0 Å². The van der Waals surface area contributed by atoms with Crippen LogP contribution in [-0.2, 0) is 6.42 Å². The molecule has 0 aromatic heterocycles. The molecule has 4 heteroatoms. The maximum absolute atomic E-state index is 8.79. The fourth-order valence-corrected chi connectivity index (χ4v) is 1.32. The monoisotopic (exact) mass is 228 g/mol. The molecule has 1 aromatic carbocycles. The van der Waals surface area contributed by atoms with Crippen molar-refractivity contribution in [3.05, 3.63) is 35.9 Å². The van der Waals surface area contributed by atoms with Crippen LogP contribution < -0.4 is 0 Å². The van der Waals surface area contributed by atoms with Crippen molar-refractivity contribution >= 4 is 23.0 Å². The third-order valence-electron chi connectivity index (χ3n) is 1.60. The maximum atomic E-state index is 8.79. The van der Waals surface area contributed by atoms with Crippen molar-refractivity contribution in [1.29, 1.82) is 0 Å². The molecule has 0 aliphatic rings. The van der Waals surface area contributed by atoms with Crippen LogP contribution in [0.1, 0.15) is 5.56 Å². The van der Waals surface area contributed by atoms with E-state index >= 15 is 0 Å². The van der Waals surface area contributed by atoms with E-state index < -0.39 is 7.12 Å². The summed E-state index contributed by atoms with van der Waals surface area (Å²) in [4.78, 5) is 0. The number of halogens is 1. The van der Waals surface area contributed by atoms with Crippen LogP contribution in [0.4, 0.5) is 0 Å². The van der Waals surface area contributed by atoms with Crippen molar-refractivity contribution in [2.24, 2.45) is 0 Å². The van der Waals surface area contributed by atoms with Gasteiger partial charge in [-0.05, 0) is 12.0 Å². The molecule has 1 unspecified atom stereocenters. The molecule has 0 saturated carbocycles. The van der Waals surface area contributed by atoms with Crippen molar-refractivity contribution in [3.8, 4) is 0 Å². The molecule has 64 valence electrons. The molecule has 0 saturated heterocycles. The number of rotatable bonds is 3. The zero-order valence-electron chi connectivity index (χ0n) is 6.52. The lowest BCUT2D eigenvalue weighted by Crippen LogP contribution is -2.27. The summed E-state index contributed by atoms with van der Waals surface area (Å²) in [5.41, 5.74) is 1.09. The maximum Gasteiger partial charge on any atom is 0.466 e. The lowest BCUT2D eigenvalue weighted by molar-refractivity contribution is 0.403. The smallest absolute Gasteiger partial charge is 0.426 e. The van der Waals surface area contributed by atoms with Gasteiger partial charge in [-0.2, -0.15) is 0 Å². The highest BCUT2D eigenvalue weighted by Gasteiger charge is 2.19. The van der Waals surface area contributed by atoms with Crippen molar-refractivity contribution in [2.75, 3.05) is 0 Å². The average molecular weight is 229 g/mol. The van der Waals surface area contributed by atoms with Crippen LogP contribution >= 0.6 is 15.9 Å². The molecule has 0 heterocycles. The summed E-state index contributed by atoms with van der Waals surface area (Å²) in [6, 6.07) is 9.70. The van der Waals surface area contributed by atoms with Crippen molar-refractivity contribution in [2.45, 2.75) is 11.1 Å². The van der Waals surface area contributed by atoms with Crippen molar-refractivity contribution in [1.82, 2.24) is 0 Å². The molecule has 2 N–H and O–H groups in total. The van der Waals surface area contributed by atoms with Gasteiger partial charge in [-0.3, -0.25) is 0 Å². The molecule has 0 bridgehead atoms. The molecule has 0 spiro atoms. The van der Waals surface area contributed by atoms with Crippen LogP contribution in [0.3, 0.4) is 0 Å². The summed E-state index contributed by atoms with van der Waals surface area (Å²) in [7, 11) is -1.30. The SMILES string of the molecule is OB(O)C(Br)Cc1ccccc1. The number of benzene rings is 1. The second kappa shape index (κ2) is 4.65. The molecule has 0 aliphatic heterocycles. The highest BCUT2D eigenvalue weighted by atomic mass is 79.9. The van der Waals surface area contributed by atoms with Gasteiger partial charge >= 0.3 is 7.12 Å². The molecule has 1 atom stereocenters. The lowest BCUT2D eigenvalue weighted by atomic mass is 9.82. The van der Waals surface area contributed by atoms with Gasteiger partial charge in [0.25, 0.3) is 0 Å². The largest absolute Gasteiger partial charge is 0.466 e. The third kappa shape index (κ3) is 2.97. The molecule has 0 aliphatic carbocycles. The van der Waals surface area contributed by atoms with E-state index in [9.17, 15) is 0 Å². The predicted octanol–water partition coefficient (Wildman–Crippen LogP) is 1.00. The van der Waals surface area contributed by atoms with E-state index in [0.717, 1.165) is 5.56 Å². The number of hydrogen-bond acceptors (Lipinski definition) is 2. The van der Waals surface area contributed by atoms with Crippen LogP contribution in [0.2, 0.25) is 0 Å². The second-order valence-electron chi connectivity index (χ2n) is 2.62. The fraction of sp³-hybridized carbons (Fsp3) is 0.250. The van der Waals surface area contributed by atoms with Crippen LogP contribution in [-0.4, -0.2) is 21.9 Å². The molecule has 1 aromatic rings. The Bertz CT molecular complexity index is 228. The van der Waals surface area contributed by atoms with Gasteiger partial charge in [0.1, 0.15) is 0 Å². The van der Waals surface area contributed by atoms with Crippen molar-refractivity contribution in [3.63, 3.8) is 0 Å². The predicted molar refractivity (Wildman–Crippen MR) is 53.1 cm³/mol. The van der Waals surface area contributed by atoms with Crippen LogP contribution in [0.25, 0.3) is 0 Å². The normalized spacial score (nSPS) is 12.6. The van der Waals surface area contributed by atoms with Crippen LogP contribution in [0.5, 0.6) is 0 Å². The van der Waals surface area contributed by atoms with E-state index in [-0.39, 0.29) is 4.73 Å². The Kier molecular flexibility index (Phi) is 3.78. The summed E-state index contributed by atoms with van der Waals surface area (Å²) >= 11 is 3.18. The summed E-state index contributed by atoms with van der Waals surface area (Å²) in [5, 5.41) is 17.6. The van der Waals surface area contributed by atoms with E-state index in [1.807, 2.05) is 30.3 Å². The molecular formula is C8H10BBrO2. The Morgan fingerprint density at radius 1 is 1.25 bits per heavy atom. The van der Waals surface area contributed by atoms with Crippen LogP contribution in [0, 0.1) is 0 Å². The molecular weight excluding hydrogens is 219 g/mol. The Labute approximate surface area is 80.5 Å². The summed E-state index contributed by atoms with van der Waals surface area (Å²) in [5.74, 6) is 0. The number of hydrogen-bond donors (Lipinski definition) is 2. The molecule has 1 rings (SSSR count). The molecule has 0 fully saturated rings.